The Balaban J connectivity index is 2.59. The van der Waals surface area contributed by atoms with Crippen LogP contribution in [0.2, 0.25) is 10.0 Å². The molecule has 0 saturated heterocycles. The van der Waals surface area contributed by atoms with E-state index < -0.39 is 0 Å². The number of carbonyl (C=O) groups excluding carboxylic acids is 1. The molecule has 1 unspecified atom stereocenters. The van der Waals surface area contributed by atoms with Crippen molar-refractivity contribution < 1.29 is 4.79 Å². The van der Waals surface area contributed by atoms with Crippen LogP contribution in [0.1, 0.15) is 29.3 Å². The molecule has 74 valence electrons. The Labute approximate surface area is 93.0 Å². The first-order valence-electron chi connectivity index (χ1n) is 4.59. The number of Topliss-reactive ketones (excluding diaryl/α,β-unsaturated/α-hetero) is 1. The van der Waals surface area contributed by atoms with E-state index in [1.54, 1.807) is 12.1 Å². The van der Waals surface area contributed by atoms with E-state index in [0.29, 0.717) is 27.9 Å². The molecule has 0 N–H and O–H groups in total. The van der Waals surface area contributed by atoms with Crippen molar-refractivity contribution in [3.63, 3.8) is 0 Å². The average molecular weight is 229 g/mol. The molecule has 0 amide bonds. The summed E-state index contributed by atoms with van der Waals surface area (Å²) in [7, 11) is 0. The normalized spacial score (nSPS) is 20.8. The fourth-order valence-corrected chi connectivity index (χ4v) is 2.48. The smallest absolute Gasteiger partial charge is 0.163 e. The van der Waals surface area contributed by atoms with Crippen molar-refractivity contribution in [1.82, 2.24) is 0 Å². The standard InChI is InChI=1S/C11H10Cl2O/c1-6-2-8-9(11(14)3-6)4-7(12)5-10(8)13/h4-6H,2-3H2,1H3. The lowest BCUT2D eigenvalue weighted by Gasteiger charge is -2.21. The fourth-order valence-electron chi connectivity index (χ4n) is 1.91. The van der Waals surface area contributed by atoms with E-state index in [-0.39, 0.29) is 5.78 Å². The van der Waals surface area contributed by atoms with Gasteiger partial charge in [0.25, 0.3) is 0 Å². The van der Waals surface area contributed by atoms with Crippen LogP contribution in [0, 0.1) is 5.92 Å². The molecule has 1 aliphatic carbocycles. The van der Waals surface area contributed by atoms with Gasteiger partial charge in [-0.05, 0) is 30.0 Å². The number of hydrogen-bond acceptors (Lipinski definition) is 1. The number of benzene rings is 1. The number of rotatable bonds is 0. The Bertz CT molecular complexity index is 399. The molecule has 1 nitrogen and oxygen atoms in total. The van der Waals surface area contributed by atoms with Gasteiger partial charge < -0.3 is 0 Å². The maximum atomic E-state index is 11.7. The number of hydrogen-bond donors (Lipinski definition) is 0. The summed E-state index contributed by atoms with van der Waals surface area (Å²) in [5, 5.41) is 1.16. The molecule has 0 saturated carbocycles. The van der Waals surface area contributed by atoms with E-state index in [9.17, 15) is 4.79 Å². The lowest BCUT2D eigenvalue weighted by molar-refractivity contribution is 0.0953. The Hall–Kier alpha value is -0.530. The minimum absolute atomic E-state index is 0.156. The zero-order valence-electron chi connectivity index (χ0n) is 7.81. The first kappa shape index (κ1) is 10.0. The molecule has 0 heterocycles. The van der Waals surface area contributed by atoms with Gasteiger partial charge in [0.05, 0.1) is 0 Å². The van der Waals surface area contributed by atoms with Gasteiger partial charge >= 0.3 is 0 Å². The molecule has 1 aliphatic rings. The number of fused-ring (bicyclic) bond motifs is 1. The Morgan fingerprint density at radius 3 is 2.71 bits per heavy atom. The van der Waals surface area contributed by atoms with Crippen LogP contribution >= 0.6 is 23.2 Å². The highest BCUT2D eigenvalue weighted by Gasteiger charge is 2.24. The molecule has 2 rings (SSSR count). The maximum absolute atomic E-state index is 11.7. The fraction of sp³-hybridized carbons (Fsp3) is 0.364. The monoisotopic (exact) mass is 228 g/mol. The molecule has 0 radical (unpaired) electrons. The molecule has 3 heteroatoms. The molecule has 0 aliphatic heterocycles. The molecule has 0 aromatic heterocycles. The van der Waals surface area contributed by atoms with E-state index >= 15 is 0 Å². The van der Waals surface area contributed by atoms with Gasteiger partial charge in [0.15, 0.2) is 5.78 Å². The van der Waals surface area contributed by atoms with Gasteiger partial charge in [0.1, 0.15) is 0 Å². The second-order valence-corrected chi connectivity index (χ2v) is 4.69. The summed E-state index contributed by atoms with van der Waals surface area (Å²) in [5.74, 6) is 0.539. The highest BCUT2D eigenvalue weighted by atomic mass is 35.5. The first-order valence-corrected chi connectivity index (χ1v) is 5.34. The third-order valence-corrected chi connectivity index (χ3v) is 3.10. The molecule has 1 aromatic rings. The van der Waals surface area contributed by atoms with Crippen molar-refractivity contribution in [3.05, 3.63) is 33.3 Å². The highest BCUT2D eigenvalue weighted by Crippen LogP contribution is 2.33. The zero-order chi connectivity index (χ0) is 10.3. The third-order valence-electron chi connectivity index (χ3n) is 2.55. The van der Waals surface area contributed by atoms with Gasteiger partial charge in [0.2, 0.25) is 0 Å². The molecule has 0 spiro atoms. The van der Waals surface area contributed by atoms with Gasteiger partial charge in [0, 0.05) is 22.0 Å². The van der Waals surface area contributed by atoms with Crippen LogP contribution in [-0.4, -0.2) is 5.78 Å². The molecular weight excluding hydrogens is 219 g/mol. The summed E-state index contributed by atoms with van der Waals surface area (Å²) in [5.41, 5.74) is 1.67. The number of carbonyl (C=O) groups is 1. The summed E-state index contributed by atoms with van der Waals surface area (Å²) in [4.78, 5) is 11.7. The van der Waals surface area contributed by atoms with Crippen LogP contribution in [-0.2, 0) is 6.42 Å². The third kappa shape index (κ3) is 1.67. The lowest BCUT2D eigenvalue weighted by atomic mass is 9.84. The van der Waals surface area contributed by atoms with E-state index in [4.69, 9.17) is 23.2 Å². The molecule has 0 bridgehead atoms. The van der Waals surface area contributed by atoms with Gasteiger partial charge in [-0.1, -0.05) is 30.1 Å². The van der Waals surface area contributed by atoms with E-state index in [1.165, 1.54) is 0 Å². The summed E-state index contributed by atoms with van der Waals surface area (Å²) >= 11 is 11.9. The van der Waals surface area contributed by atoms with Crippen LogP contribution < -0.4 is 0 Å². The SMILES string of the molecule is CC1CC(=O)c2cc(Cl)cc(Cl)c2C1. The first-order chi connectivity index (χ1) is 6.58. The zero-order valence-corrected chi connectivity index (χ0v) is 9.32. The summed E-state index contributed by atoms with van der Waals surface area (Å²) in [6.45, 7) is 2.06. The van der Waals surface area contributed by atoms with E-state index in [0.717, 1.165) is 12.0 Å². The van der Waals surface area contributed by atoms with Crippen molar-refractivity contribution in [2.24, 2.45) is 5.92 Å². The molecule has 14 heavy (non-hydrogen) atoms. The highest BCUT2D eigenvalue weighted by molar-refractivity contribution is 6.36. The van der Waals surface area contributed by atoms with Crippen molar-refractivity contribution in [2.75, 3.05) is 0 Å². The van der Waals surface area contributed by atoms with Crippen LogP contribution in [0.3, 0.4) is 0 Å². The predicted octanol–water partition coefficient (Wildman–Crippen LogP) is 3.76. The second kappa shape index (κ2) is 3.56. The second-order valence-electron chi connectivity index (χ2n) is 3.85. The minimum atomic E-state index is 0.156. The molecule has 0 fully saturated rings. The molecular formula is C11H10Cl2O. The largest absolute Gasteiger partial charge is 0.294 e. The van der Waals surface area contributed by atoms with Crippen molar-refractivity contribution in [2.45, 2.75) is 19.8 Å². The average Bonchev–Trinajstić information content (AvgIpc) is 2.07. The summed E-state index contributed by atoms with van der Waals surface area (Å²) in [6.07, 6.45) is 1.47. The van der Waals surface area contributed by atoms with E-state index in [2.05, 4.69) is 6.92 Å². The van der Waals surface area contributed by atoms with Crippen LogP contribution in [0.25, 0.3) is 0 Å². The van der Waals surface area contributed by atoms with Crippen molar-refractivity contribution in [3.8, 4) is 0 Å². The Kier molecular flexibility index (Phi) is 2.54. The molecule has 1 aromatic carbocycles. The van der Waals surface area contributed by atoms with Crippen LogP contribution in [0.5, 0.6) is 0 Å². The molecule has 1 atom stereocenters. The maximum Gasteiger partial charge on any atom is 0.163 e. The quantitative estimate of drug-likeness (QED) is 0.661. The topological polar surface area (TPSA) is 17.1 Å². The van der Waals surface area contributed by atoms with Gasteiger partial charge in [-0.15, -0.1) is 0 Å². The lowest BCUT2D eigenvalue weighted by Crippen LogP contribution is -2.18. The summed E-state index contributed by atoms with van der Waals surface area (Å²) in [6, 6.07) is 3.42. The number of ketones is 1. The summed E-state index contributed by atoms with van der Waals surface area (Å²) < 4.78 is 0. The van der Waals surface area contributed by atoms with Gasteiger partial charge in [-0.2, -0.15) is 0 Å². The Morgan fingerprint density at radius 2 is 2.00 bits per heavy atom. The Morgan fingerprint density at radius 1 is 1.29 bits per heavy atom. The number of halogens is 2. The van der Waals surface area contributed by atoms with Crippen LogP contribution in [0.15, 0.2) is 12.1 Å². The van der Waals surface area contributed by atoms with Crippen LogP contribution in [0.4, 0.5) is 0 Å². The van der Waals surface area contributed by atoms with E-state index in [1.807, 2.05) is 0 Å². The van der Waals surface area contributed by atoms with Gasteiger partial charge in [-0.3, -0.25) is 4.79 Å². The van der Waals surface area contributed by atoms with Gasteiger partial charge in [-0.25, -0.2) is 0 Å². The van der Waals surface area contributed by atoms with Crippen molar-refractivity contribution >= 4 is 29.0 Å². The minimum Gasteiger partial charge on any atom is -0.294 e. The predicted molar refractivity (Wildman–Crippen MR) is 58.3 cm³/mol. The van der Waals surface area contributed by atoms with Crippen molar-refractivity contribution in [1.29, 1.82) is 0 Å².